The van der Waals surface area contributed by atoms with Crippen LogP contribution in [0, 0.1) is 0 Å². The third-order valence-electron chi connectivity index (χ3n) is 8.25. The molecule has 4 aromatic carbocycles. The molecule has 0 saturated carbocycles. The molecule has 1 aromatic heterocycles. The lowest BCUT2D eigenvalue weighted by molar-refractivity contribution is 0.304. The van der Waals surface area contributed by atoms with E-state index in [9.17, 15) is 4.79 Å². The highest BCUT2D eigenvalue weighted by Gasteiger charge is 2.33. The van der Waals surface area contributed by atoms with Gasteiger partial charge in [-0.1, -0.05) is 77.0 Å². The predicted octanol–water partition coefficient (Wildman–Crippen LogP) is 7.98. The van der Waals surface area contributed by atoms with Gasteiger partial charge in [0.1, 0.15) is 12.4 Å². The van der Waals surface area contributed by atoms with E-state index in [1.165, 1.54) is 16.9 Å². The molecular formula is C36H27BrCl2N2O4S. The van der Waals surface area contributed by atoms with Crippen molar-refractivity contribution in [2.75, 3.05) is 14.2 Å². The van der Waals surface area contributed by atoms with Crippen LogP contribution < -0.4 is 29.1 Å². The molecule has 7 rings (SSSR count). The summed E-state index contributed by atoms with van der Waals surface area (Å²) in [5, 5.41) is 1.12. The summed E-state index contributed by atoms with van der Waals surface area (Å²) in [6.07, 6.45) is 3.58. The van der Waals surface area contributed by atoms with Crippen LogP contribution in [0.1, 0.15) is 40.3 Å². The molecule has 0 bridgehead atoms. The molecule has 0 amide bonds. The number of aromatic nitrogens is 1. The quantitative estimate of drug-likeness (QED) is 0.170. The molecule has 2 heterocycles. The Morgan fingerprint density at radius 3 is 2.54 bits per heavy atom. The second-order valence-corrected chi connectivity index (χ2v) is 13.6. The Labute approximate surface area is 287 Å². The van der Waals surface area contributed by atoms with E-state index in [4.69, 9.17) is 42.4 Å². The zero-order chi connectivity index (χ0) is 31.9. The maximum absolute atomic E-state index is 14.2. The summed E-state index contributed by atoms with van der Waals surface area (Å²) in [6.45, 7) is 0.288. The number of nitrogens with zero attached hydrogens (tertiary/aromatic N) is 2. The number of aryl methyl sites for hydroxylation is 1. The zero-order valence-corrected chi connectivity index (χ0v) is 28.8. The van der Waals surface area contributed by atoms with Crippen LogP contribution in [0.15, 0.2) is 98.7 Å². The SMILES string of the molecule is COc1ccc([C@@H]2C3=C(N=c4s/c(=C/c5ccc(OCc6ccc(Cl)cc6Cl)c(Br)c5)c(=O)n42)c2ccccc2CC3)cc1OC. The minimum absolute atomic E-state index is 0.0947. The molecule has 1 aliphatic heterocycles. The van der Waals surface area contributed by atoms with Crippen molar-refractivity contribution in [3.05, 3.63) is 146 Å². The number of rotatable bonds is 7. The van der Waals surface area contributed by atoms with Gasteiger partial charge in [-0.3, -0.25) is 9.36 Å². The van der Waals surface area contributed by atoms with Gasteiger partial charge in [0, 0.05) is 21.2 Å². The van der Waals surface area contributed by atoms with Gasteiger partial charge in [-0.2, -0.15) is 0 Å². The van der Waals surface area contributed by atoms with Crippen LogP contribution in [0.4, 0.5) is 0 Å². The number of halogens is 3. The highest BCUT2D eigenvalue weighted by atomic mass is 79.9. The van der Waals surface area contributed by atoms with E-state index in [2.05, 4.69) is 34.1 Å². The summed E-state index contributed by atoms with van der Waals surface area (Å²) in [5.41, 5.74) is 6.98. The van der Waals surface area contributed by atoms with Gasteiger partial charge in [-0.25, -0.2) is 4.99 Å². The molecule has 1 aliphatic carbocycles. The second-order valence-electron chi connectivity index (χ2n) is 10.9. The Balaban J connectivity index is 1.30. The first kappa shape index (κ1) is 30.8. The Kier molecular flexibility index (Phi) is 8.55. The van der Waals surface area contributed by atoms with Crippen molar-refractivity contribution in [3.63, 3.8) is 0 Å². The van der Waals surface area contributed by atoms with E-state index in [1.54, 1.807) is 26.4 Å². The molecule has 5 aromatic rings. The largest absolute Gasteiger partial charge is 0.493 e. The van der Waals surface area contributed by atoms with Crippen molar-refractivity contribution >= 4 is 62.2 Å². The van der Waals surface area contributed by atoms with Crippen molar-refractivity contribution in [3.8, 4) is 17.2 Å². The number of hydrogen-bond donors (Lipinski definition) is 0. The molecule has 0 fully saturated rings. The fourth-order valence-corrected chi connectivity index (χ4v) is 7.99. The maximum Gasteiger partial charge on any atom is 0.271 e. The van der Waals surface area contributed by atoms with E-state index in [0.717, 1.165) is 50.8 Å². The minimum Gasteiger partial charge on any atom is -0.493 e. The van der Waals surface area contributed by atoms with Gasteiger partial charge < -0.3 is 14.2 Å². The summed E-state index contributed by atoms with van der Waals surface area (Å²) < 4.78 is 20.4. The van der Waals surface area contributed by atoms with Crippen molar-refractivity contribution < 1.29 is 14.2 Å². The zero-order valence-electron chi connectivity index (χ0n) is 24.9. The minimum atomic E-state index is -0.330. The first-order valence-corrected chi connectivity index (χ1v) is 16.9. The van der Waals surface area contributed by atoms with Gasteiger partial charge in [-0.05, 0) is 93.5 Å². The maximum atomic E-state index is 14.2. The van der Waals surface area contributed by atoms with Gasteiger partial charge in [0.15, 0.2) is 16.3 Å². The fraction of sp³-hybridized carbons (Fsp3) is 0.167. The molecule has 46 heavy (non-hydrogen) atoms. The molecular weight excluding hydrogens is 707 g/mol. The van der Waals surface area contributed by atoms with Crippen LogP contribution in [0.2, 0.25) is 10.0 Å². The van der Waals surface area contributed by atoms with Gasteiger partial charge >= 0.3 is 0 Å². The topological polar surface area (TPSA) is 62.0 Å². The van der Waals surface area contributed by atoms with Crippen molar-refractivity contribution in [2.24, 2.45) is 4.99 Å². The van der Waals surface area contributed by atoms with E-state index < -0.39 is 0 Å². The first-order valence-electron chi connectivity index (χ1n) is 14.6. The van der Waals surface area contributed by atoms with Crippen molar-refractivity contribution in [1.82, 2.24) is 4.57 Å². The molecule has 0 N–H and O–H groups in total. The van der Waals surface area contributed by atoms with Crippen LogP contribution in [-0.4, -0.2) is 18.8 Å². The first-order chi connectivity index (χ1) is 22.3. The van der Waals surface area contributed by atoms with E-state index in [-0.39, 0.29) is 18.2 Å². The van der Waals surface area contributed by atoms with Crippen LogP contribution >= 0.6 is 50.5 Å². The number of allylic oxidation sites excluding steroid dienone is 1. The summed E-state index contributed by atoms with van der Waals surface area (Å²) in [4.78, 5) is 20.0. The third kappa shape index (κ3) is 5.68. The number of hydrogen-bond acceptors (Lipinski definition) is 6. The van der Waals surface area contributed by atoms with Gasteiger partial charge in [0.05, 0.1) is 35.0 Å². The molecule has 0 unspecified atom stereocenters. The standard InChI is InChI=1S/C36H27BrCl2N2O4S/c1-43-30-14-10-22(17-31(30)44-2)34-26-12-9-21-5-3-4-6-25(21)33(26)40-36-41(34)35(42)32(46-36)16-20-7-13-29(27(37)15-20)45-19-23-8-11-24(38)18-28(23)39/h3-8,10-11,13-18,34H,9,12,19H2,1-2H3/b32-16+/t34-/m1/s1. The number of benzene rings is 4. The van der Waals surface area contributed by atoms with Crippen LogP contribution in [0.25, 0.3) is 11.8 Å². The molecule has 2 aliphatic rings. The number of fused-ring (bicyclic) bond motifs is 3. The summed E-state index contributed by atoms with van der Waals surface area (Å²) in [6, 6.07) is 25.0. The lowest BCUT2D eigenvalue weighted by Gasteiger charge is -2.31. The Hall–Kier alpha value is -3.82. The fourth-order valence-electron chi connectivity index (χ4n) is 6.01. The molecule has 6 nitrogen and oxygen atoms in total. The van der Waals surface area contributed by atoms with Crippen LogP contribution in [-0.2, 0) is 13.0 Å². The lowest BCUT2D eigenvalue weighted by atomic mass is 9.83. The molecule has 0 radical (unpaired) electrons. The third-order valence-corrected chi connectivity index (χ3v) is 10.4. The molecule has 0 saturated heterocycles. The lowest BCUT2D eigenvalue weighted by Crippen LogP contribution is -2.38. The smallest absolute Gasteiger partial charge is 0.271 e. The average molecular weight is 734 g/mol. The van der Waals surface area contributed by atoms with E-state index >= 15 is 0 Å². The Morgan fingerprint density at radius 2 is 1.76 bits per heavy atom. The monoisotopic (exact) mass is 732 g/mol. The van der Waals surface area contributed by atoms with Gasteiger partial charge in [0.2, 0.25) is 0 Å². The predicted molar refractivity (Wildman–Crippen MR) is 187 cm³/mol. The van der Waals surface area contributed by atoms with E-state index in [1.807, 2.05) is 59.2 Å². The van der Waals surface area contributed by atoms with Crippen LogP contribution in [0.5, 0.6) is 17.2 Å². The molecule has 232 valence electrons. The average Bonchev–Trinajstić information content (AvgIpc) is 3.37. The molecule has 10 heteroatoms. The number of thiazole rings is 1. The van der Waals surface area contributed by atoms with Gasteiger partial charge in [-0.15, -0.1) is 0 Å². The van der Waals surface area contributed by atoms with Crippen molar-refractivity contribution in [1.29, 1.82) is 0 Å². The highest BCUT2D eigenvalue weighted by Crippen LogP contribution is 2.43. The normalized spacial score (nSPS) is 15.5. The number of ether oxygens (including phenoxy) is 3. The Bertz CT molecular complexity index is 2230. The number of methoxy groups -OCH3 is 2. The van der Waals surface area contributed by atoms with Crippen LogP contribution in [0.3, 0.4) is 0 Å². The summed E-state index contributed by atoms with van der Waals surface area (Å²) in [5.74, 6) is 1.91. The highest BCUT2D eigenvalue weighted by molar-refractivity contribution is 9.10. The summed E-state index contributed by atoms with van der Waals surface area (Å²) >= 11 is 17.4. The van der Waals surface area contributed by atoms with Crippen molar-refractivity contribution in [2.45, 2.75) is 25.5 Å². The molecule has 0 spiro atoms. The molecule has 1 atom stereocenters. The second kappa shape index (κ2) is 12.8. The van der Waals surface area contributed by atoms with Gasteiger partial charge in [0.25, 0.3) is 5.56 Å². The summed E-state index contributed by atoms with van der Waals surface area (Å²) in [7, 11) is 3.24. The Morgan fingerprint density at radius 1 is 0.957 bits per heavy atom. The van der Waals surface area contributed by atoms with E-state index in [0.29, 0.717) is 36.6 Å².